The van der Waals surface area contributed by atoms with E-state index in [0.29, 0.717) is 17.1 Å². The quantitative estimate of drug-likeness (QED) is 0.921. The fourth-order valence-corrected chi connectivity index (χ4v) is 2.28. The Morgan fingerprint density at radius 2 is 2.35 bits per heavy atom. The first-order valence-corrected chi connectivity index (χ1v) is 6.29. The van der Waals surface area contributed by atoms with Gasteiger partial charge >= 0.3 is 0 Å². The highest BCUT2D eigenvalue weighted by Gasteiger charge is 2.03. The number of halogens is 1. The number of thiazole rings is 1. The number of nitrogens with one attached hydrogen (secondary N) is 1. The minimum absolute atomic E-state index is 0.590. The van der Waals surface area contributed by atoms with E-state index in [2.05, 4.69) is 16.4 Å². The van der Waals surface area contributed by atoms with Crippen molar-refractivity contribution in [3.63, 3.8) is 0 Å². The molecule has 0 aliphatic heterocycles. The van der Waals surface area contributed by atoms with Gasteiger partial charge in [0.2, 0.25) is 0 Å². The van der Waals surface area contributed by atoms with E-state index >= 15 is 0 Å². The molecule has 1 heterocycles. The number of aromatic nitrogens is 1. The van der Waals surface area contributed by atoms with E-state index in [9.17, 15) is 0 Å². The van der Waals surface area contributed by atoms with Gasteiger partial charge < -0.3 is 5.32 Å². The van der Waals surface area contributed by atoms with Crippen molar-refractivity contribution in [3.05, 3.63) is 44.9 Å². The van der Waals surface area contributed by atoms with Gasteiger partial charge in [-0.15, -0.1) is 11.3 Å². The van der Waals surface area contributed by atoms with E-state index in [1.165, 1.54) is 0 Å². The lowest BCUT2D eigenvalue weighted by Crippen LogP contribution is -2.00. The van der Waals surface area contributed by atoms with Crippen molar-refractivity contribution in [2.45, 2.75) is 13.5 Å². The SMILES string of the molecule is Cc1csc(CNc2cc(C#N)ccc2Cl)n1. The van der Waals surface area contributed by atoms with Gasteiger partial charge in [0.05, 0.1) is 28.9 Å². The number of nitriles is 1. The Morgan fingerprint density at radius 3 is 3.00 bits per heavy atom. The Balaban J connectivity index is 2.11. The zero-order valence-electron chi connectivity index (χ0n) is 9.20. The molecular weight excluding hydrogens is 254 g/mol. The molecule has 3 nitrogen and oxygen atoms in total. The predicted molar refractivity (Wildman–Crippen MR) is 70.3 cm³/mol. The molecule has 17 heavy (non-hydrogen) atoms. The fourth-order valence-electron chi connectivity index (χ4n) is 1.39. The summed E-state index contributed by atoms with van der Waals surface area (Å²) in [6.45, 7) is 2.58. The topological polar surface area (TPSA) is 48.7 Å². The van der Waals surface area contributed by atoms with Gasteiger partial charge in [0, 0.05) is 11.1 Å². The lowest BCUT2D eigenvalue weighted by Gasteiger charge is -2.06. The van der Waals surface area contributed by atoms with Crippen LogP contribution in [0.2, 0.25) is 5.02 Å². The Bertz CT molecular complexity index is 571. The summed E-state index contributed by atoms with van der Waals surface area (Å²) < 4.78 is 0. The zero-order chi connectivity index (χ0) is 12.3. The van der Waals surface area contributed by atoms with E-state index in [0.717, 1.165) is 16.4 Å². The standard InChI is InChI=1S/C12H10ClN3S/c1-8-7-17-12(16-8)6-15-11-4-9(5-14)2-3-10(11)13/h2-4,7,15H,6H2,1H3. The second kappa shape index (κ2) is 5.17. The molecule has 0 aliphatic rings. The molecule has 0 fully saturated rings. The van der Waals surface area contributed by atoms with Crippen LogP contribution in [0.5, 0.6) is 0 Å². The van der Waals surface area contributed by atoms with Crippen molar-refractivity contribution in [3.8, 4) is 6.07 Å². The molecule has 1 aromatic heterocycles. The van der Waals surface area contributed by atoms with Crippen LogP contribution in [0.25, 0.3) is 0 Å². The lowest BCUT2D eigenvalue weighted by atomic mass is 10.2. The first kappa shape index (κ1) is 11.9. The third kappa shape index (κ3) is 2.96. The highest BCUT2D eigenvalue weighted by molar-refractivity contribution is 7.09. The summed E-state index contributed by atoms with van der Waals surface area (Å²) >= 11 is 7.64. The van der Waals surface area contributed by atoms with Crippen LogP contribution in [0.1, 0.15) is 16.3 Å². The Kier molecular flexibility index (Phi) is 3.62. The van der Waals surface area contributed by atoms with Gasteiger partial charge in [0.15, 0.2) is 0 Å². The van der Waals surface area contributed by atoms with E-state index < -0.39 is 0 Å². The smallest absolute Gasteiger partial charge is 0.112 e. The first-order chi connectivity index (χ1) is 8.19. The molecule has 0 bridgehead atoms. The second-order valence-corrected chi connectivity index (χ2v) is 4.89. The van der Waals surface area contributed by atoms with Crippen LogP contribution in [0.3, 0.4) is 0 Å². The molecule has 0 atom stereocenters. The second-order valence-electron chi connectivity index (χ2n) is 3.54. The third-order valence-electron chi connectivity index (χ3n) is 2.19. The van der Waals surface area contributed by atoms with Gasteiger partial charge in [0.1, 0.15) is 5.01 Å². The number of hydrogen-bond acceptors (Lipinski definition) is 4. The van der Waals surface area contributed by atoms with Crippen LogP contribution in [-0.4, -0.2) is 4.98 Å². The molecular formula is C12H10ClN3S. The minimum atomic E-state index is 0.590. The number of nitrogens with zero attached hydrogens (tertiary/aromatic N) is 2. The summed E-state index contributed by atoms with van der Waals surface area (Å²) in [4.78, 5) is 4.35. The van der Waals surface area contributed by atoms with Gasteiger partial charge in [0.25, 0.3) is 0 Å². The molecule has 1 N–H and O–H groups in total. The highest BCUT2D eigenvalue weighted by atomic mass is 35.5. The molecule has 0 saturated carbocycles. The zero-order valence-corrected chi connectivity index (χ0v) is 10.8. The van der Waals surface area contributed by atoms with Crippen LogP contribution in [0.4, 0.5) is 5.69 Å². The lowest BCUT2D eigenvalue weighted by molar-refractivity contribution is 1.08. The maximum atomic E-state index is 8.81. The molecule has 0 amide bonds. The fraction of sp³-hybridized carbons (Fsp3) is 0.167. The molecule has 1 aromatic carbocycles. The summed E-state index contributed by atoms with van der Waals surface area (Å²) in [6, 6.07) is 7.24. The van der Waals surface area contributed by atoms with Gasteiger partial charge in [-0.1, -0.05) is 11.6 Å². The highest BCUT2D eigenvalue weighted by Crippen LogP contribution is 2.23. The maximum Gasteiger partial charge on any atom is 0.112 e. The van der Waals surface area contributed by atoms with E-state index in [4.69, 9.17) is 16.9 Å². The van der Waals surface area contributed by atoms with Crippen molar-refractivity contribution in [1.82, 2.24) is 4.98 Å². The van der Waals surface area contributed by atoms with Crippen LogP contribution in [0.15, 0.2) is 23.6 Å². The molecule has 2 aromatic rings. The van der Waals surface area contributed by atoms with Crippen LogP contribution in [0, 0.1) is 18.3 Å². The van der Waals surface area contributed by atoms with Gasteiger partial charge in [-0.25, -0.2) is 4.98 Å². The monoisotopic (exact) mass is 263 g/mol. The summed E-state index contributed by atoms with van der Waals surface area (Å²) in [5.74, 6) is 0. The van der Waals surface area contributed by atoms with E-state index in [-0.39, 0.29) is 0 Å². The molecule has 0 saturated heterocycles. The van der Waals surface area contributed by atoms with Crippen molar-refractivity contribution >= 4 is 28.6 Å². The number of benzene rings is 1. The predicted octanol–water partition coefficient (Wildman–Crippen LogP) is 3.59. The average molecular weight is 264 g/mol. The van der Waals surface area contributed by atoms with Crippen molar-refractivity contribution in [2.24, 2.45) is 0 Å². The van der Waals surface area contributed by atoms with Crippen LogP contribution < -0.4 is 5.32 Å². The molecule has 0 aliphatic carbocycles. The first-order valence-electron chi connectivity index (χ1n) is 5.03. The minimum Gasteiger partial charge on any atom is -0.377 e. The summed E-state index contributed by atoms with van der Waals surface area (Å²) in [6.07, 6.45) is 0. The normalized spacial score (nSPS) is 9.94. The van der Waals surface area contributed by atoms with Crippen LogP contribution in [-0.2, 0) is 6.54 Å². The number of hydrogen-bond donors (Lipinski definition) is 1. The summed E-state index contributed by atoms with van der Waals surface area (Å²) in [7, 11) is 0. The Labute approximate surface area is 109 Å². The van der Waals surface area contributed by atoms with Gasteiger partial charge in [-0.3, -0.25) is 0 Å². The van der Waals surface area contributed by atoms with Gasteiger partial charge in [-0.2, -0.15) is 5.26 Å². The maximum absolute atomic E-state index is 8.81. The Hall–Kier alpha value is -1.57. The Morgan fingerprint density at radius 1 is 1.53 bits per heavy atom. The summed E-state index contributed by atoms with van der Waals surface area (Å²) in [5.41, 5.74) is 2.37. The van der Waals surface area contributed by atoms with Crippen molar-refractivity contribution in [2.75, 3.05) is 5.32 Å². The van der Waals surface area contributed by atoms with Crippen LogP contribution >= 0.6 is 22.9 Å². The number of rotatable bonds is 3. The van der Waals surface area contributed by atoms with Gasteiger partial charge in [-0.05, 0) is 25.1 Å². The molecule has 0 spiro atoms. The molecule has 2 rings (SSSR count). The largest absolute Gasteiger partial charge is 0.377 e. The summed E-state index contributed by atoms with van der Waals surface area (Å²) in [5, 5.41) is 15.6. The number of aryl methyl sites for hydroxylation is 1. The number of anilines is 1. The molecule has 0 radical (unpaired) electrons. The molecule has 0 unspecified atom stereocenters. The molecule has 86 valence electrons. The van der Waals surface area contributed by atoms with E-state index in [1.54, 1.807) is 29.5 Å². The van der Waals surface area contributed by atoms with Crippen molar-refractivity contribution in [1.29, 1.82) is 5.26 Å². The average Bonchev–Trinajstić information content (AvgIpc) is 2.74. The van der Waals surface area contributed by atoms with Crippen molar-refractivity contribution < 1.29 is 0 Å². The van der Waals surface area contributed by atoms with E-state index in [1.807, 2.05) is 12.3 Å². The third-order valence-corrected chi connectivity index (χ3v) is 3.49. The molecule has 5 heteroatoms.